The second-order valence-electron chi connectivity index (χ2n) is 5.25. The molecule has 0 radical (unpaired) electrons. The van der Waals surface area contributed by atoms with Gasteiger partial charge in [0.15, 0.2) is 0 Å². The summed E-state index contributed by atoms with van der Waals surface area (Å²) in [5.74, 6) is 0. The molecule has 0 amide bonds. The van der Waals surface area contributed by atoms with E-state index in [1.54, 1.807) is 0 Å². The van der Waals surface area contributed by atoms with Crippen LogP contribution in [0.3, 0.4) is 0 Å². The average Bonchev–Trinajstić information content (AvgIpc) is 2.87. The van der Waals surface area contributed by atoms with Crippen molar-refractivity contribution in [2.24, 2.45) is 5.18 Å². The van der Waals surface area contributed by atoms with E-state index in [0.29, 0.717) is 11.4 Å². The van der Waals surface area contributed by atoms with Crippen molar-refractivity contribution in [2.45, 2.75) is 14.8 Å². The maximum absolute atomic E-state index is 11.4. The van der Waals surface area contributed by atoms with Crippen molar-refractivity contribution >= 4 is 84.5 Å². The van der Waals surface area contributed by atoms with Crippen LogP contribution in [0.5, 0.6) is 0 Å². The van der Waals surface area contributed by atoms with Gasteiger partial charge in [0.05, 0.1) is 3.42 Å². The summed E-state index contributed by atoms with van der Waals surface area (Å²) in [5, 5.41) is 12.2. The first kappa shape index (κ1) is 17.5. The number of fused-ring (bicyclic) bond motifs is 1. The molecule has 0 saturated heterocycles. The summed E-state index contributed by atoms with van der Waals surface area (Å²) in [7, 11) is 0. The van der Waals surface area contributed by atoms with Crippen molar-refractivity contribution in [1.82, 2.24) is 15.0 Å². The zero-order valence-corrected chi connectivity index (χ0v) is 18.5. The fourth-order valence-electron chi connectivity index (χ4n) is 2.21. The van der Waals surface area contributed by atoms with Crippen molar-refractivity contribution in [3.8, 4) is 0 Å². The van der Waals surface area contributed by atoms with Crippen molar-refractivity contribution in [2.75, 3.05) is 0 Å². The lowest BCUT2D eigenvalue weighted by Crippen LogP contribution is -2.06. The quantitative estimate of drug-likeness (QED) is 0.256. The number of alkyl halides is 2. The van der Waals surface area contributed by atoms with Crippen LogP contribution in [0.2, 0.25) is 0 Å². The van der Waals surface area contributed by atoms with Gasteiger partial charge in [0.2, 0.25) is 0 Å². The highest BCUT2D eigenvalue weighted by molar-refractivity contribution is 14.1. The molecule has 118 valence electrons. The molecule has 0 aliphatic heterocycles. The summed E-state index contributed by atoms with van der Waals surface area (Å²) in [6.45, 7) is 2.06. The maximum atomic E-state index is 11.4. The average molecular weight is 644 g/mol. The molecule has 1 aliphatic carbocycles. The number of hydrogen-bond donors (Lipinski definition) is 0. The van der Waals surface area contributed by atoms with Gasteiger partial charge in [0, 0.05) is 8.01 Å². The molecule has 3 rings (SSSR count). The molecule has 1 aromatic heterocycles. The van der Waals surface area contributed by atoms with Crippen molar-refractivity contribution in [3.63, 3.8) is 0 Å². The van der Waals surface area contributed by atoms with Gasteiger partial charge in [-0.05, 0) is 64.5 Å². The smallest absolute Gasteiger partial charge is 0.148 e. The van der Waals surface area contributed by atoms with Gasteiger partial charge in [-0.2, -0.15) is 0 Å². The van der Waals surface area contributed by atoms with Crippen LogP contribution >= 0.6 is 67.8 Å². The molecule has 1 unspecified atom stereocenters. The van der Waals surface area contributed by atoms with Crippen LogP contribution in [0.15, 0.2) is 50.9 Å². The van der Waals surface area contributed by atoms with Gasteiger partial charge in [-0.15, -0.1) is 19.9 Å². The normalized spacial score (nSPS) is 21.5. The van der Waals surface area contributed by atoms with E-state index in [9.17, 15) is 4.91 Å². The van der Waals surface area contributed by atoms with Gasteiger partial charge in [0.25, 0.3) is 0 Å². The van der Waals surface area contributed by atoms with Crippen LogP contribution in [0.1, 0.15) is 12.5 Å². The molecule has 23 heavy (non-hydrogen) atoms. The van der Waals surface area contributed by atoms with E-state index in [-0.39, 0.29) is 3.42 Å². The molecule has 1 aromatic carbocycles. The summed E-state index contributed by atoms with van der Waals surface area (Å²) in [6, 6.07) is 6.00. The molecule has 1 atom stereocenters. The zero-order chi connectivity index (χ0) is 16.6. The number of nitrogens with zero attached hydrogens (tertiary/aromatic N) is 4. The highest BCUT2D eigenvalue weighted by atomic mass is 127. The van der Waals surface area contributed by atoms with E-state index in [4.69, 9.17) is 0 Å². The number of hydrogen-bond acceptors (Lipinski definition) is 4. The molecular formula is C15H11I3N4O. The summed E-state index contributed by atoms with van der Waals surface area (Å²) in [4.78, 5) is 12.9. The third-order valence-corrected chi connectivity index (χ3v) is 5.72. The molecule has 1 aliphatic rings. The third kappa shape index (κ3) is 3.67. The van der Waals surface area contributed by atoms with E-state index in [2.05, 4.69) is 90.1 Å². The highest BCUT2D eigenvalue weighted by Gasteiger charge is 2.23. The van der Waals surface area contributed by atoms with Crippen LogP contribution in [-0.4, -0.2) is 18.4 Å². The molecule has 2 aromatic rings. The van der Waals surface area contributed by atoms with E-state index >= 15 is 0 Å². The van der Waals surface area contributed by atoms with Crippen molar-refractivity contribution in [3.05, 3.63) is 56.2 Å². The zero-order valence-electron chi connectivity index (χ0n) is 12.0. The Kier molecular flexibility index (Phi) is 5.21. The first-order valence-corrected chi connectivity index (χ1v) is 10.4. The Bertz CT molecular complexity index is 880. The number of rotatable bonds is 3. The summed E-state index contributed by atoms with van der Waals surface area (Å²) in [5.41, 5.74) is 3.75. The second-order valence-corrected chi connectivity index (χ2v) is 9.50. The van der Waals surface area contributed by atoms with Gasteiger partial charge in [-0.1, -0.05) is 57.3 Å². The lowest BCUT2D eigenvalue weighted by molar-refractivity contribution is 0.785. The molecule has 0 N–H and O–H groups in total. The van der Waals surface area contributed by atoms with Crippen LogP contribution in [0, 0.1) is 4.91 Å². The van der Waals surface area contributed by atoms with Gasteiger partial charge in [0.1, 0.15) is 22.4 Å². The predicted molar refractivity (Wildman–Crippen MR) is 118 cm³/mol. The molecule has 8 heteroatoms. The minimum atomic E-state index is -0.188. The van der Waals surface area contributed by atoms with Gasteiger partial charge in [-0.25, -0.2) is 0 Å². The minimum absolute atomic E-state index is 0.188. The van der Waals surface area contributed by atoms with E-state index in [1.165, 1.54) is 10.4 Å². The Morgan fingerprint density at radius 1 is 1.30 bits per heavy atom. The fraction of sp³-hybridized carbons (Fsp3) is 0.200. The molecule has 0 bridgehead atoms. The van der Waals surface area contributed by atoms with E-state index < -0.39 is 0 Å². The van der Waals surface area contributed by atoms with Crippen LogP contribution in [0.4, 0.5) is 0 Å². The minimum Gasteiger partial charge on any atom is -0.148 e. The largest absolute Gasteiger partial charge is 0.148 e. The molecular weight excluding hydrogens is 633 g/mol. The van der Waals surface area contributed by atoms with E-state index in [0.717, 1.165) is 19.0 Å². The third-order valence-electron chi connectivity index (χ3n) is 3.35. The topological polar surface area (TPSA) is 60.1 Å². The second kappa shape index (κ2) is 6.86. The Labute approximate surface area is 174 Å². The Hall–Kier alpha value is -0.370. The number of allylic oxidation sites excluding steroid dienone is 5. The lowest BCUT2D eigenvalue weighted by atomic mass is 10.1. The van der Waals surface area contributed by atoms with Crippen molar-refractivity contribution in [1.29, 1.82) is 0 Å². The summed E-state index contributed by atoms with van der Waals surface area (Å²) < 4.78 is 1.52. The number of halogens is 3. The number of benzene rings is 1. The maximum Gasteiger partial charge on any atom is 0.148 e. The first-order chi connectivity index (χ1) is 10.9. The van der Waals surface area contributed by atoms with Crippen LogP contribution in [-0.2, 0) is 4.43 Å². The Balaban J connectivity index is 2.19. The van der Waals surface area contributed by atoms with Crippen molar-refractivity contribution < 1.29 is 0 Å². The number of nitroso groups, excluding NO2 is 1. The highest BCUT2D eigenvalue weighted by Crippen LogP contribution is 2.35. The fourth-order valence-corrected chi connectivity index (χ4v) is 4.79. The molecule has 1 heterocycles. The summed E-state index contributed by atoms with van der Waals surface area (Å²) >= 11 is 6.77. The summed E-state index contributed by atoms with van der Waals surface area (Å²) in [6.07, 6.45) is 5.89. The van der Waals surface area contributed by atoms with Crippen LogP contribution in [0.25, 0.3) is 16.7 Å². The molecule has 5 nitrogen and oxygen atoms in total. The molecule has 0 saturated carbocycles. The lowest BCUT2D eigenvalue weighted by Gasteiger charge is -2.10. The molecule has 0 fully saturated rings. The standard InChI is InChI=1S/C15H11I3N4O/c1-15(18)5-4-13(14(21-23)10(17)7-15)22-19-11-3-2-9(8-16)6-12(11)20-22/h2-7H,8H2,1H3. The van der Waals surface area contributed by atoms with E-state index in [1.807, 2.05) is 36.4 Å². The SMILES string of the molecule is CC1(I)C=CC(n2nc3ccc(CI)cc3n2)=C(N=O)C(I)=C1. The van der Waals surface area contributed by atoms with Gasteiger partial charge < -0.3 is 0 Å². The van der Waals surface area contributed by atoms with Crippen LogP contribution < -0.4 is 0 Å². The van der Waals surface area contributed by atoms with Gasteiger partial charge in [-0.3, -0.25) is 0 Å². The first-order valence-electron chi connectivity index (χ1n) is 6.70. The Morgan fingerprint density at radius 3 is 2.74 bits per heavy atom. The number of aromatic nitrogens is 3. The molecule has 0 spiro atoms. The van der Waals surface area contributed by atoms with Gasteiger partial charge >= 0.3 is 0 Å². The monoisotopic (exact) mass is 644 g/mol. The predicted octanol–water partition coefficient (Wildman–Crippen LogP) is 5.38. The Morgan fingerprint density at radius 2 is 2.04 bits per heavy atom.